The van der Waals surface area contributed by atoms with Crippen molar-refractivity contribution < 1.29 is 34.9 Å². The molecule has 0 N–H and O–H groups in total. The zero-order chi connectivity index (χ0) is 18.1. The van der Waals surface area contributed by atoms with Crippen molar-refractivity contribution >= 4 is 40.8 Å². The van der Waals surface area contributed by atoms with Crippen LogP contribution in [-0.4, -0.2) is 18.5 Å². The highest BCUT2D eigenvalue weighted by atomic mass is 32.2. The van der Waals surface area contributed by atoms with Crippen molar-refractivity contribution in [1.29, 1.82) is 0 Å². The minimum atomic E-state index is -6.09. The molecule has 10 heteroatoms. The summed E-state index contributed by atoms with van der Waals surface area (Å²) >= 11 is 0. The van der Waals surface area contributed by atoms with E-state index < -0.39 is 31.9 Å². The summed E-state index contributed by atoms with van der Waals surface area (Å²) < 4.78 is 86.7. The van der Waals surface area contributed by atoms with E-state index in [1.807, 2.05) is 48.5 Å². The largest absolute Gasteiger partial charge is 0.741 e. The van der Waals surface area contributed by atoms with Crippen molar-refractivity contribution in [3.63, 3.8) is 0 Å². The van der Waals surface area contributed by atoms with E-state index in [2.05, 4.69) is 0 Å². The fourth-order valence-electron chi connectivity index (χ4n) is 2.07. The van der Waals surface area contributed by atoms with Crippen LogP contribution in [0.15, 0.2) is 48.5 Å². The van der Waals surface area contributed by atoms with Gasteiger partial charge < -0.3 is 4.55 Å². The average Bonchev–Trinajstić information content (AvgIpc) is 2.80. The van der Waals surface area contributed by atoms with Crippen molar-refractivity contribution in [2.45, 2.75) is 11.3 Å². The predicted molar refractivity (Wildman–Crippen MR) is 80.9 cm³/mol. The van der Waals surface area contributed by atoms with Crippen molar-refractivity contribution in [3.05, 3.63) is 48.5 Å². The third-order valence-corrected chi connectivity index (χ3v) is 5.58. The first-order chi connectivity index (χ1) is 11.0. The van der Waals surface area contributed by atoms with Gasteiger partial charge in [0, 0.05) is 10.8 Å². The second-order valence-electron chi connectivity index (χ2n) is 4.49. The Bertz CT molecular complexity index is 908. The Morgan fingerprint density at radius 3 is 1.50 bits per heavy atom. The molecular formula is C14H9F5O3S2. The van der Waals surface area contributed by atoms with E-state index in [0.717, 1.165) is 20.2 Å². The minimum Gasteiger partial charge on any atom is -0.741 e. The molecule has 0 aliphatic carbocycles. The standard InChI is InChI=1S/C13H9F2S.CHF3O3S/c14-13(15)16-11-7-3-1-5-9(11)10-6-2-4-8-12(10)16;2-1(3,4)8(5,6)7/h1-8,13H;(H,5,6,7)/q+1;/p-1. The van der Waals surface area contributed by atoms with E-state index in [1.165, 1.54) is 0 Å². The van der Waals surface area contributed by atoms with E-state index in [-0.39, 0.29) is 0 Å². The van der Waals surface area contributed by atoms with Gasteiger partial charge in [-0.1, -0.05) is 24.3 Å². The average molecular weight is 384 g/mol. The molecule has 3 rings (SSSR count). The monoisotopic (exact) mass is 384 g/mol. The van der Waals surface area contributed by atoms with E-state index in [1.54, 1.807) is 0 Å². The molecule has 130 valence electrons. The Morgan fingerprint density at radius 2 is 1.21 bits per heavy atom. The number of fused-ring (bicyclic) bond motifs is 3. The number of alkyl halides is 5. The Kier molecular flexibility index (Phi) is 5.11. The van der Waals surface area contributed by atoms with Gasteiger partial charge >= 0.3 is 11.3 Å². The maximum Gasteiger partial charge on any atom is 0.485 e. The van der Waals surface area contributed by atoms with E-state index in [9.17, 15) is 22.0 Å². The van der Waals surface area contributed by atoms with Crippen molar-refractivity contribution in [2.24, 2.45) is 0 Å². The summed E-state index contributed by atoms with van der Waals surface area (Å²) in [5.41, 5.74) is -5.65. The van der Waals surface area contributed by atoms with Crippen LogP contribution in [0.5, 0.6) is 0 Å². The fraction of sp³-hybridized carbons (Fsp3) is 0.143. The first-order valence-corrected chi connectivity index (χ1v) is 8.95. The van der Waals surface area contributed by atoms with Gasteiger partial charge in [-0.15, -0.1) is 0 Å². The third kappa shape index (κ3) is 3.65. The second-order valence-corrected chi connectivity index (χ2v) is 7.77. The lowest BCUT2D eigenvalue weighted by atomic mass is 10.2. The molecule has 0 unspecified atom stereocenters. The molecule has 0 aliphatic heterocycles. The number of thiophene rings is 1. The lowest BCUT2D eigenvalue weighted by Crippen LogP contribution is -2.21. The number of rotatable bonds is 1. The molecule has 0 saturated heterocycles. The normalized spacial score (nSPS) is 12.5. The molecule has 1 aromatic heterocycles. The number of hydrogen-bond donors (Lipinski definition) is 0. The molecule has 0 radical (unpaired) electrons. The van der Waals surface area contributed by atoms with Crippen molar-refractivity contribution in [3.8, 4) is 0 Å². The van der Waals surface area contributed by atoms with Gasteiger partial charge in [0.2, 0.25) is 0 Å². The van der Waals surface area contributed by atoms with Crippen LogP contribution >= 0.6 is 10.5 Å². The van der Waals surface area contributed by atoms with Crippen LogP contribution in [0, 0.1) is 0 Å². The van der Waals surface area contributed by atoms with Gasteiger partial charge in [-0.3, -0.25) is 0 Å². The van der Waals surface area contributed by atoms with Crippen LogP contribution in [0.2, 0.25) is 0 Å². The number of hydrogen-bond acceptors (Lipinski definition) is 3. The summed E-state index contributed by atoms with van der Waals surface area (Å²) in [6.07, 6.45) is 0. The van der Waals surface area contributed by atoms with Crippen LogP contribution in [0.1, 0.15) is 5.76 Å². The first-order valence-electron chi connectivity index (χ1n) is 6.26. The Labute approximate surface area is 136 Å². The highest BCUT2D eigenvalue weighted by Gasteiger charge is 2.36. The maximum atomic E-state index is 13.1. The van der Waals surface area contributed by atoms with Gasteiger partial charge in [0.05, 0.1) is 10.5 Å². The number of benzene rings is 2. The predicted octanol–water partition coefficient (Wildman–Crippen LogP) is 5.19. The molecule has 3 nitrogen and oxygen atoms in total. The maximum absolute atomic E-state index is 13.1. The zero-order valence-corrected chi connectivity index (χ0v) is 13.3. The number of halogens is 5. The first kappa shape index (κ1) is 18.6. The van der Waals surface area contributed by atoms with Gasteiger partial charge in [-0.25, -0.2) is 8.42 Å². The van der Waals surface area contributed by atoms with Crippen LogP contribution in [0.3, 0.4) is 0 Å². The molecule has 0 fully saturated rings. The Morgan fingerprint density at radius 1 is 0.875 bits per heavy atom. The summed E-state index contributed by atoms with van der Waals surface area (Å²) in [7, 11) is -7.15. The van der Waals surface area contributed by atoms with E-state index in [0.29, 0.717) is 0 Å². The quantitative estimate of drug-likeness (QED) is 0.251. The summed E-state index contributed by atoms with van der Waals surface area (Å²) in [5, 5.41) is 1.92. The van der Waals surface area contributed by atoms with Crippen LogP contribution in [0.25, 0.3) is 20.2 Å². The summed E-state index contributed by atoms with van der Waals surface area (Å²) in [6.45, 7) is 0. The van der Waals surface area contributed by atoms with Gasteiger partial charge in [-0.05, 0) is 24.3 Å². The van der Waals surface area contributed by atoms with Gasteiger partial charge in [-0.2, -0.15) is 22.0 Å². The summed E-state index contributed by atoms with van der Waals surface area (Å²) in [5.74, 6) is -2.32. The second kappa shape index (κ2) is 6.61. The van der Waals surface area contributed by atoms with Gasteiger partial charge in [0.1, 0.15) is 0 Å². The van der Waals surface area contributed by atoms with Crippen LogP contribution in [-0.2, 0) is 10.1 Å². The van der Waals surface area contributed by atoms with Crippen molar-refractivity contribution in [1.82, 2.24) is 0 Å². The van der Waals surface area contributed by atoms with E-state index >= 15 is 0 Å². The van der Waals surface area contributed by atoms with Gasteiger partial charge in [0.15, 0.2) is 19.5 Å². The molecule has 24 heavy (non-hydrogen) atoms. The molecule has 0 atom stereocenters. The van der Waals surface area contributed by atoms with Crippen LogP contribution in [0.4, 0.5) is 22.0 Å². The van der Waals surface area contributed by atoms with Gasteiger partial charge in [0.25, 0.3) is 0 Å². The Balaban J connectivity index is 0.000000224. The lowest BCUT2D eigenvalue weighted by molar-refractivity contribution is -0.0517. The molecule has 1 heterocycles. The molecule has 0 saturated carbocycles. The molecular weight excluding hydrogens is 375 g/mol. The lowest BCUT2D eigenvalue weighted by Gasteiger charge is -2.08. The molecule has 0 spiro atoms. The highest BCUT2D eigenvalue weighted by Crippen LogP contribution is 2.49. The smallest absolute Gasteiger partial charge is 0.485 e. The molecule has 0 aliphatic rings. The molecule has 2 aromatic carbocycles. The summed E-state index contributed by atoms with van der Waals surface area (Å²) in [4.78, 5) is 0. The topological polar surface area (TPSA) is 57.2 Å². The molecule has 0 amide bonds. The zero-order valence-electron chi connectivity index (χ0n) is 11.6. The third-order valence-electron chi connectivity index (χ3n) is 3.00. The van der Waals surface area contributed by atoms with E-state index in [4.69, 9.17) is 13.0 Å². The minimum absolute atomic E-state index is 0.777. The van der Waals surface area contributed by atoms with Crippen molar-refractivity contribution in [2.75, 3.05) is 0 Å². The fourth-order valence-corrected chi connectivity index (χ4v) is 3.97. The molecule has 0 bridgehead atoms. The Hall–Kier alpha value is -1.78. The highest BCUT2D eigenvalue weighted by molar-refractivity contribution is 7.86. The summed E-state index contributed by atoms with van der Waals surface area (Å²) in [6, 6.07) is 14.9. The SMILES string of the molecule is FC(F)[s+]1c2ccccc2c2ccccc21.O=S(=O)([O-])C(F)(F)F. The molecule has 3 aromatic rings. The van der Waals surface area contributed by atoms with Crippen LogP contribution < -0.4 is 0 Å².